The topological polar surface area (TPSA) is 38.8 Å². The lowest BCUT2D eigenvalue weighted by Crippen LogP contribution is -2.40. The van der Waals surface area contributed by atoms with Crippen molar-refractivity contribution in [3.05, 3.63) is 59.1 Å². The normalized spacial score (nSPS) is 27.5. The second-order valence-corrected chi connectivity index (χ2v) is 11.0. The van der Waals surface area contributed by atoms with Gasteiger partial charge in [0.15, 0.2) is 0 Å². The summed E-state index contributed by atoms with van der Waals surface area (Å²) in [5, 5.41) is 3.88. The largest absolute Gasteiger partial charge is 0.370 e. The number of fused-ring (bicyclic) bond motifs is 2. The van der Waals surface area contributed by atoms with Gasteiger partial charge in [0.2, 0.25) is 0 Å². The van der Waals surface area contributed by atoms with Gasteiger partial charge in [-0.25, -0.2) is 4.79 Å². The maximum absolute atomic E-state index is 12.8. The predicted octanol–water partition coefficient (Wildman–Crippen LogP) is 6.45. The quantitative estimate of drug-likeness (QED) is 0.544. The van der Waals surface area contributed by atoms with Crippen LogP contribution in [0.3, 0.4) is 0 Å². The number of halogens is 1. The van der Waals surface area contributed by atoms with Gasteiger partial charge in [-0.1, -0.05) is 23.7 Å². The van der Waals surface area contributed by atoms with Gasteiger partial charge in [0.25, 0.3) is 0 Å². The minimum absolute atomic E-state index is 0. The zero-order valence-corrected chi connectivity index (χ0v) is 20.6. The van der Waals surface area contributed by atoms with E-state index in [1.165, 1.54) is 43.4 Å². The minimum atomic E-state index is 0. The average Bonchev–Trinajstić information content (AvgIpc) is 3.61. The van der Waals surface area contributed by atoms with Gasteiger partial charge < -0.3 is 15.1 Å². The number of nitrogens with zero attached hydrogens (tertiary/aromatic N) is 3. The van der Waals surface area contributed by atoms with Gasteiger partial charge >= 0.3 is 6.03 Å². The third-order valence-electron chi connectivity index (χ3n) is 8.70. The molecule has 34 heavy (non-hydrogen) atoms. The molecule has 0 aromatic heterocycles. The highest BCUT2D eigenvalue weighted by Crippen LogP contribution is 2.41. The van der Waals surface area contributed by atoms with Crippen molar-refractivity contribution in [2.75, 3.05) is 36.4 Å². The molecule has 4 heterocycles. The maximum Gasteiger partial charge on any atom is 0.321 e. The van der Waals surface area contributed by atoms with Gasteiger partial charge in [0.1, 0.15) is 0 Å². The van der Waals surface area contributed by atoms with E-state index in [2.05, 4.69) is 51.5 Å². The van der Waals surface area contributed by atoms with Crippen LogP contribution in [-0.4, -0.2) is 60.1 Å². The average molecular weight is 483 g/mol. The minimum Gasteiger partial charge on any atom is -0.370 e. The van der Waals surface area contributed by atoms with Crippen LogP contribution in [0, 0.1) is 0 Å². The Bertz CT molecular complexity index is 993. The van der Waals surface area contributed by atoms with Gasteiger partial charge in [0.05, 0.1) is 0 Å². The van der Waals surface area contributed by atoms with Crippen molar-refractivity contribution < 1.29 is 7.65 Å². The Kier molecular flexibility index (Phi) is 6.17. The molecule has 0 aliphatic carbocycles. The molecule has 4 aliphatic heterocycles. The number of piperidine rings is 1. The number of anilines is 2. The predicted molar refractivity (Wildman–Crippen MR) is 143 cm³/mol. The van der Waals surface area contributed by atoms with E-state index in [1.807, 2.05) is 17.0 Å². The number of carbonyl (C=O) groups is 1. The van der Waals surface area contributed by atoms with Crippen LogP contribution in [0.2, 0.25) is 5.02 Å². The molecule has 0 spiro atoms. The fraction of sp³-hybridized carbons (Fsp3) is 0.536. The molecule has 4 fully saturated rings. The Morgan fingerprint density at radius 3 is 2.09 bits per heavy atom. The Morgan fingerprint density at radius 1 is 0.794 bits per heavy atom. The molecule has 1 atom stereocenters. The first kappa shape index (κ1) is 22.2. The summed E-state index contributed by atoms with van der Waals surface area (Å²) >= 11 is 6.02. The molecule has 2 aromatic rings. The second-order valence-electron chi connectivity index (χ2n) is 10.6. The molecule has 4 saturated heterocycles. The first-order valence-electron chi connectivity index (χ1n) is 13.1. The van der Waals surface area contributed by atoms with E-state index < -0.39 is 0 Å². The van der Waals surface area contributed by atoms with Crippen molar-refractivity contribution in [3.8, 4) is 0 Å². The molecule has 6 heteroatoms. The molecule has 1 N–H and O–H groups in total. The highest BCUT2D eigenvalue weighted by molar-refractivity contribution is 6.30. The molecule has 6 rings (SSSR count). The third-order valence-corrected chi connectivity index (χ3v) is 8.95. The van der Waals surface area contributed by atoms with Crippen LogP contribution in [0.5, 0.6) is 0 Å². The van der Waals surface area contributed by atoms with Crippen molar-refractivity contribution in [2.45, 2.75) is 69.0 Å². The summed E-state index contributed by atoms with van der Waals surface area (Å²) < 4.78 is 0. The summed E-state index contributed by atoms with van der Waals surface area (Å²) in [5.74, 6) is 0.501. The number of likely N-dealkylation sites (tertiary alicyclic amines) is 1. The Hall–Kier alpha value is -2.24. The Morgan fingerprint density at radius 2 is 1.44 bits per heavy atom. The number of hydrogen-bond donors (Lipinski definition) is 1. The number of nitrogens with one attached hydrogen (secondary N) is 1. The monoisotopic (exact) mass is 482 g/mol. The molecule has 2 bridgehead atoms. The van der Waals surface area contributed by atoms with Crippen molar-refractivity contribution in [3.63, 3.8) is 0 Å². The summed E-state index contributed by atoms with van der Waals surface area (Å²) in [6.07, 6.45) is 8.90. The number of urea groups is 1. The molecular formula is C28H39ClN4O. The van der Waals surface area contributed by atoms with E-state index in [-0.39, 0.29) is 8.88 Å². The lowest BCUT2D eigenvalue weighted by Gasteiger charge is -2.32. The van der Waals surface area contributed by atoms with Gasteiger partial charge in [-0.3, -0.25) is 4.90 Å². The molecule has 2 aromatic carbocycles. The molecule has 5 nitrogen and oxygen atoms in total. The fourth-order valence-electron chi connectivity index (χ4n) is 6.88. The van der Waals surface area contributed by atoms with E-state index in [9.17, 15) is 4.79 Å². The number of rotatable bonds is 4. The SMILES string of the molecule is O=C(Nc1ccc(N2CCC(N3C4CCC3CC4)C2)cc1)N1CCC(c2ccc(Cl)cc2)CC1.[HH].[HH]. The van der Waals surface area contributed by atoms with Crippen molar-refractivity contribution in [1.82, 2.24) is 9.80 Å². The van der Waals surface area contributed by atoms with Crippen molar-refractivity contribution in [2.24, 2.45) is 0 Å². The summed E-state index contributed by atoms with van der Waals surface area (Å²) in [6.45, 7) is 3.84. The van der Waals surface area contributed by atoms with Crippen LogP contribution in [-0.2, 0) is 0 Å². The van der Waals surface area contributed by atoms with Gasteiger partial charge in [-0.05, 0) is 92.8 Å². The summed E-state index contributed by atoms with van der Waals surface area (Å²) in [4.78, 5) is 20.2. The second kappa shape index (κ2) is 9.43. The van der Waals surface area contributed by atoms with Crippen LogP contribution in [0.15, 0.2) is 48.5 Å². The lowest BCUT2D eigenvalue weighted by molar-refractivity contribution is 0.189. The summed E-state index contributed by atoms with van der Waals surface area (Å²) in [7, 11) is 0. The zero-order valence-electron chi connectivity index (χ0n) is 19.8. The first-order valence-corrected chi connectivity index (χ1v) is 13.5. The van der Waals surface area contributed by atoms with Crippen LogP contribution < -0.4 is 10.2 Å². The van der Waals surface area contributed by atoms with Crippen molar-refractivity contribution >= 4 is 29.0 Å². The van der Waals surface area contributed by atoms with E-state index in [1.54, 1.807) is 0 Å². The molecule has 0 radical (unpaired) electrons. The van der Waals surface area contributed by atoms with Crippen LogP contribution in [0.25, 0.3) is 0 Å². The number of benzene rings is 2. The van der Waals surface area contributed by atoms with E-state index >= 15 is 0 Å². The number of amides is 2. The highest BCUT2D eigenvalue weighted by atomic mass is 35.5. The standard InChI is InChI=1S/C28H35ClN4O.2H2/c29-22-3-1-20(2-4-22)21-13-16-31(17-14-21)28(34)30-23-5-7-24(8-6-23)32-18-15-27(19-32)33-25-9-10-26(33)12-11-25;;/h1-8,21,25-27H,9-19H2,(H,30,34);2*1H. The first-order chi connectivity index (χ1) is 16.6. The fourth-order valence-corrected chi connectivity index (χ4v) is 7.00. The lowest BCUT2D eigenvalue weighted by atomic mass is 9.89. The molecular weight excluding hydrogens is 444 g/mol. The van der Waals surface area contributed by atoms with Crippen LogP contribution >= 0.6 is 11.6 Å². The zero-order chi connectivity index (χ0) is 23.1. The Balaban J connectivity index is 0.00000152. The molecule has 1 unspecified atom stereocenters. The van der Waals surface area contributed by atoms with Gasteiger partial charge in [-0.2, -0.15) is 0 Å². The highest BCUT2D eigenvalue weighted by Gasteiger charge is 2.44. The molecule has 4 aliphatic rings. The van der Waals surface area contributed by atoms with E-state index in [4.69, 9.17) is 11.6 Å². The summed E-state index contributed by atoms with van der Waals surface area (Å²) in [5.41, 5.74) is 3.47. The third kappa shape index (κ3) is 4.40. The number of carbonyl (C=O) groups excluding carboxylic acids is 1. The van der Waals surface area contributed by atoms with Gasteiger partial charge in [-0.15, -0.1) is 0 Å². The van der Waals surface area contributed by atoms with E-state index in [0.717, 1.165) is 67.9 Å². The summed E-state index contributed by atoms with van der Waals surface area (Å²) in [6, 6.07) is 19.0. The molecule has 0 saturated carbocycles. The van der Waals surface area contributed by atoms with Crippen LogP contribution in [0.1, 0.15) is 59.3 Å². The van der Waals surface area contributed by atoms with E-state index in [0.29, 0.717) is 5.92 Å². The molecule has 2 amide bonds. The molecule has 184 valence electrons. The van der Waals surface area contributed by atoms with Crippen molar-refractivity contribution in [1.29, 1.82) is 0 Å². The number of hydrogen-bond acceptors (Lipinski definition) is 3. The van der Waals surface area contributed by atoms with Gasteiger partial charge in [0, 0.05) is 63.6 Å². The Labute approximate surface area is 211 Å². The smallest absolute Gasteiger partial charge is 0.321 e. The maximum atomic E-state index is 12.8. The van der Waals surface area contributed by atoms with Crippen LogP contribution in [0.4, 0.5) is 16.2 Å².